The number of nitrogens with zero attached hydrogens (tertiary/aromatic N) is 3. The molecule has 0 amide bonds. The highest BCUT2D eigenvalue weighted by Gasteiger charge is 2.17. The highest BCUT2D eigenvalue weighted by molar-refractivity contribution is 5.75. The quantitative estimate of drug-likeness (QED) is 0.881. The van der Waals surface area contributed by atoms with Crippen LogP contribution in [0.5, 0.6) is 5.75 Å². The summed E-state index contributed by atoms with van der Waals surface area (Å²) in [4.78, 5) is 10.9. The van der Waals surface area contributed by atoms with Gasteiger partial charge in [-0.05, 0) is 24.3 Å². The predicted octanol–water partition coefficient (Wildman–Crippen LogP) is 1.14. The van der Waals surface area contributed by atoms with Gasteiger partial charge in [-0.25, -0.2) is 9.97 Å². The molecule has 3 N–H and O–H groups in total. The summed E-state index contributed by atoms with van der Waals surface area (Å²) in [7, 11) is 1.66. The lowest BCUT2D eigenvalue weighted by molar-refractivity contribution is 0.415. The Morgan fingerprint density at radius 1 is 1.19 bits per heavy atom. The van der Waals surface area contributed by atoms with Gasteiger partial charge >= 0.3 is 0 Å². The number of benzene rings is 1. The van der Waals surface area contributed by atoms with E-state index in [4.69, 9.17) is 10.5 Å². The summed E-state index contributed by atoms with van der Waals surface area (Å²) in [5.74, 6) is 1.12. The normalized spacial score (nSPS) is 15.0. The van der Waals surface area contributed by atoms with Crippen molar-refractivity contribution in [3.05, 3.63) is 30.5 Å². The molecule has 0 radical (unpaired) electrons. The topological polar surface area (TPSA) is 76.3 Å². The molecule has 0 atom stereocenters. The number of hydrogen-bond acceptors (Lipinski definition) is 6. The van der Waals surface area contributed by atoms with Crippen LogP contribution >= 0.6 is 0 Å². The van der Waals surface area contributed by atoms with E-state index in [0.717, 1.165) is 48.9 Å². The van der Waals surface area contributed by atoms with Gasteiger partial charge in [0.2, 0.25) is 5.95 Å². The molecular formula is C15H19N5O. The molecule has 0 unspecified atom stereocenters. The van der Waals surface area contributed by atoms with Crippen LogP contribution < -0.4 is 20.7 Å². The summed E-state index contributed by atoms with van der Waals surface area (Å²) in [5, 5.41) is 3.35. The molecule has 3 rings (SSSR count). The third-order valence-corrected chi connectivity index (χ3v) is 3.61. The van der Waals surface area contributed by atoms with Gasteiger partial charge in [-0.3, -0.25) is 0 Å². The van der Waals surface area contributed by atoms with Crippen LogP contribution in [-0.2, 0) is 0 Å². The van der Waals surface area contributed by atoms with Crippen molar-refractivity contribution in [1.29, 1.82) is 0 Å². The minimum absolute atomic E-state index is 0.291. The van der Waals surface area contributed by atoms with Crippen molar-refractivity contribution in [2.75, 3.05) is 43.9 Å². The van der Waals surface area contributed by atoms with E-state index >= 15 is 0 Å². The van der Waals surface area contributed by atoms with Crippen molar-refractivity contribution in [2.24, 2.45) is 0 Å². The van der Waals surface area contributed by atoms with E-state index in [-0.39, 0.29) is 0 Å². The second-order valence-electron chi connectivity index (χ2n) is 4.93. The standard InChI is InChI=1S/C15H19N5O/c1-21-12-4-2-11(3-5-12)14-13(10-18-15(16)19-14)20-8-6-17-7-9-20/h2-5,10,17H,6-9H2,1H3,(H2,16,18,19). The van der Waals surface area contributed by atoms with Crippen molar-refractivity contribution < 1.29 is 4.74 Å². The number of hydrogen-bond donors (Lipinski definition) is 2. The second-order valence-corrected chi connectivity index (χ2v) is 4.93. The smallest absolute Gasteiger partial charge is 0.220 e. The maximum absolute atomic E-state index is 5.77. The summed E-state index contributed by atoms with van der Waals surface area (Å²) in [6.07, 6.45) is 1.81. The van der Waals surface area contributed by atoms with Gasteiger partial charge in [-0.1, -0.05) is 0 Å². The first-order chi connectivity index (χ1) is 10.3. The molecule has 0 spiro atoms. The van der Waals surface area contributed by atoms with Crippen LogP contribution in [0.25, 0.3) is 11.3 Å². The lowest BCUT2D eigenvalue weighted by Gasteiger charge is -2.30. The third kappa shape index (κ3) is 2.90. The fraction of sp³-hybridized carbons (Fsp3) is 0.333. The highest BCUT2D eigenvalue weighted by Crippen LogP contribution is 2.30. The Morgan fingerprint density at radius 2 is 1.90 bits per heavy atom. The minimum atomic E-state index is 0.291. The zero-order valence-corrected chi connectivity index (χ0v) is 12.0. The van der Waals surface area contributed by atoms with E-state index in [0.29, 0.717) is 5.95 Å². The molecule has 1 aliphatic rings. The molecule has 6 nitrogen and oxygen atoms in total. The zero-order valence-electron chi connectivity index (χ0n) is 12.0. The first-order valence-electron chi connectivity index (χ1n) is 7.00. The Bertz CT molecular complexity index is 608. The molecule has 0 aliphatic carbocycles. The van der Waals surface area contributed by atoms with E-state index in [1.807, 2.05) is 30.5 Å². The average molecular weight is 285 g/mol. The first-order valence-corrected chi connectivity index (χ1v) is 7.00. The summed E-state index contributed by atoms with van der Waals surface area (Å²) >= 11 is 0. The van der Waals surface area contributed by atoms with Gasteiger partial charge in [0, 0.05) is 31.7 Å². The number of nitrogens with two attached hydrogens (primary N) is 1. The Labute approximate surface area is 124 Å². The van der Waals surface area contributed by atoms with Crippen LogP contribution in [0.4, 0.5) is 11.6 Å². The van der Waals surface area contributed by atoms with Crippen molar-refractivity contribution in [3.63, 3.8) is 0 Å². The fourth-order valence-corrected chi connectivity index (χ4v) is 2.49. The molecule has 2 aromatic rings. The fourth-order valence-electron chi connectivity index (χ4n) is 2.49. The highest BCUT2D eigenvalue weighted by atomic mass is 16.5. The molecule has 1 saturated heterocycles. The monoisotopic (exact) mass is 285 g/mol. The number of methoxy groups -OCH3 is 1. The Morgan fingerprint density at radius 3 is 2.57 bits per heavy atom. The van der Waals surface area contributed by atoms with Gasteiger partial charge in [0.1, 0.15) is 5.75 Å². The van der Waals surface area contributed by atoms with E-state index < -0.39 is 0 Å². The molecule has 1 aliphatic heterocycles. The molecule has 1 aromatic carbocycles. The maximum Gasteiger partial charge on any atom is 0.220 e. The number of nitrogen functional groups attached to an aromatic ring is 1. The van der Waals surface area contributed by atoms with E-state index in [2.05, 4.69) is 20.2 Å². The number of rotatable bonds is 3. The number of aromatic nitrogens is 2. The van der Waals surface area contributed by atoms with Gasteiger partial charge in [-0.2, -0.15) is 0 Å². The van der Waals surface area contributed by atoms with Gasteiger partial charge in [0.15, 0.2) is 0 Å². The van der Waals surface area contributed by atoms with Crippen LogP contribution in [-0.4, -0.2) is 43.3 Å². The first kappa shape index (κ1) is 13.6. The zero-order chi connectivity index (χ0) is 14.7. The lowest BCUT2D eigenvalue weighted by Crippen LogP contribution is -2.43. The Balaban J connectivity index is 2.00. The second kappa shape index (κ2) is 5.97. The lowest BCUT2D eigenvalue weighted by atomic mass is 10.1. The number of piperazine rings is 1. The number of ether oxygens (including phenoxy) is 1. The predicted molar refractivity (Wildman–Crippen MR) is 83.5 cm³/mol. The van der Waals surface area contributed by atoms with Crippen LogP contribution in [0.3, 0.4) is 0 Å². The molecule has 1 aromatic heterocycles. The minimum Gasteiger partial charge on any atom is -0.497 e. The van der Waals surface area contributed by atoms with Crippen LogP contribution in [0.2, 0.25) is 0 Å². The van der Waals surface area contributed by atoms with Crippen LogP contribution in [0, 0.1) is 0 Å². The van der Waals surface area contributed by atoms with E-state index in [1.54, 1.807) is 7.11 Å². The van der Waals surface area contributed by atoms with Crippen molar-refractivity contribution in [2.45, 2.75) is 0 Å². The molecule has 1 fully saturated rings. The van der Waals surface area contributed by atoms with E-state index in [9.17, 15) is 0 Å². The molecule has 110 valence electrons. The van der Waals surface area contributed by atoms with Crippen LogP contribution in [0.15, 0.2) is 30.5 Å². The van der Waals surface area contributed by atoms with Crippen molar-refractivity contribution >= 4 is 11.6 Å². The van der Waals surface area contributed by atoms with Gasteiger partial charge in [0.25, 0.3) is 0 Å². The van der Waals surface area contributed by atoms with Gasteiger partial charge in [0.05, 0.1) is 24.7 Å². The number of nitrogens with one attached hydrogen (secondary N) is 1. The molecule has 6 heteroatoms. The summed E-state index contributed by atoms with van der Waals surface area (Å²) in [5.41, 5.74) is 8.68. The summed E-state index contributed by atoms with van der Waals surface area (Å²) < 4.78 is 5.20. The molecule has 0 bridgehead atoms. The van der Waals surface area contributed by atoms with Crippen molar-refractivity contribution in [3.8, 4) is 17.0 Å². The Hall–Kier alpha value is -2.34. The Kier molecular flexibility index (Phi) is 3.87. The average Bonchev–Trinajstić information content (AvgIpc) is 2.56. The van der Waals surface area contributed by atoms with Gasteiger partial charge in [-0.15, -0.1) is 0 Å². The van der Waals surface area contributed by atoms with Crippen LogP contribution in [0.1, 0.15) is 0 Å². The molecule has 2 heterocycles. The molecule has 0 saturated carbocycles. The SMILES string of the molecule is COc1ccc(-c2nc(N)ncc2N2CCNCC2)cc1. The van der Waals surface area contributed by atoms with Crippen molar-refractivity contribution in [1.82, 2.24) is 15.3 Å². The van der Waals surface area contributed by atoms with Gasteiger partial charge < -0.3 is 20.7 Å². The molecule has 21 heavy (non-hydrogen) atoms. The summed E-state index contributed by atoms with van der Waals surface area (Å²) in [6.45, 7) is 3.81. The van der Waals surface area contributed by atoms with E-state index in [1.165, 1.54) is 0 Å². The third-order valence-electron chi connectivity index (χ3n) is 3.61. The number of anilines is 2. The summed E-state index contributed by atoms with van der Waals surface area (Å²) in [6, 6.07) is 7.84. The molecular weight excluding hydrogens is 266 g/mol. The largest absolute Gasteiger partial charge is 0.497 e. The maximum atomic E-state index is 5.77.